The van der Waals surface area contributed by atoms with Crippen LogP contribution in [0.1, 0.15) is 34.6 Å². The molecule has 0 saturated heterocycles. The van der Waals surface area contributed by atoms with Gasteiger partial charge in [0.2, 0.25) is 0 Å². The number of carbonyl (C=O) groups excluding carboxylic acids is 1. The van der Waals surface area contributed by atoms with Crippen molar-refractivity contribution in [1.29, 1.82) is 0 Å². The minimum atomic E-state index is -0.270. The summed E-state index contributed by atoms with van der Waals surface area (Å²) in [7, 11) is 0. The highest BCUT2D eigenvalue weighted by Crippen LogP contribution is 2.22. The standard InChI is InChI=1S/C16H15N5O2/c22-15(14-10-3-1-2-4-11(10)17-8-18-14)19-9-5-6-12-13(7-9)21-16(23)20-12/h5-8H,1-4H2,(H,19,22)(H2,20,21,23). The van der Waals surface area contributed by atoms with Gasteiger partial charge in [-0.15, -0.1) is 0 Å². The molecule has 0 saturated carbocycles. The van der Waals surface area contributed by atoms with E-state index in [4.69, 9.17) is 0 Å². The SMILES string of the molecule is O=C(Nc1ccc2[nH]c(=O)[nH]c2c1)c1ncnc2c1CCCC2. The predicted octanol–water partition coefficient (Wildman–Crippen LogP) is 1.78. The zero-order valence-electron chi connectivity index (χ0n) is 12.3. The Morgan fingerprint density at radius 3 is 2.83 bits per heavy atom. The Labute approximate surface area is 131 Å². The molecule has 0 radical (unpaired) electrons. The van der Waals surface area contributed by atoms with Gasteiger partial charge in [-0.25, -0.2) is 14.8 Å². The van der Waals surface area contributed by atoms with Gasteiger partial charge >= 0.3 is 5.69 Å². The lowest BCUT2D eigenvalue weighted by molar-refractivity contribution is 0.102. The average molecular weight is 309 g/mol. The van der Waals surface area contributed by atoms with E-state index in [9.17, 15) is 9.59 Å². The van der Waals surface area contributed by atoms with E-state index in [0.29, 0.717) is 22.4 Å². The summed E-state index contributed by atoms with van der Waals surface area (Å²) >= 11 is 0. The highest BCUT2D eigenvalue weighted by atomic mass is 16.2. The maximum absolute atomic E-state index is 12.5. The molecule has 3 N–H and O–H groups in total. The van der Waals surface area contributed by atoms with E-state index in [2.05, 4.69) is 25.3 Å². The Morgan fingerprint density at radius 1 is 1.09 bits per heavy atom. The van der Waals surface area contributed by atoms with Gasteiger partial charge in [0.15, 0.2) is 0 Å². The number of nitrogens with one attached hydrogen (secondary N) is 3. The van der Waals surface area contributed by atoms with Gasteiger partial charge in [0.1, 0.15) is 12.0 Å². The van der Waals surface area contributed by atoms with E-state index in [1.807, 2.05) is 0 Å². The van der Waals surface area contributed by atoms with Gasteiger partial charge in [0.05, 0.1) is 11.0 Å². The Hall–Kier alpha value is -2.96. The second kappa shape index (κ2) is 5.35. The molecule has 0 bridgehead atoms. The molecule has 0 unspecified atom stereocenters. The number of aromatic amines is 2. The molecule has 1 aromatic carbocycles. The molecule has 2 heterocycles. The van der Waals surface area contributed by atoms with Crippen LogP contribution < -0.4 is 11.0 Å². The monoisotopic (exact) mass is 309 g/mol. The summed E-state index contributed by atoms with van der Waals surface area (Å²) in [6.07, 6.45) is 5.34. The molecule has 7 heteroatoms. The predicted molar refractivity (Wildman–Crippen MR) is 85.5 cm³/mol. The average Bonchev–Trinajstić information content (AvgIpc) is 2.93. The largest absolute Gasteiger partial charge is 0.323 e. The lowest BCUT2D eigenvalue weighted by Crippen LogP contribution is -2.20. The summed E-state index contributed by atoms with van der Waals surface area (Å²) in [4.78, 5) is 37.6. The number of imidazole rings is 1. The van der Waals surface area contributed by atoms with Crippen molar-refractivity contribution in [2.45, 2.75) is 25.7 Å². The molecule has 0 aliphatic heterocycles. The number of H-pyrrole nitrogens is 2. The normalized spacial score (nSPS) is 13.7. The second-order valence-electron chi connectivity index (χ2n) is 5.65. The molecule has 4 rings (SSSR count). The molecule has 3 aromatic rings. The fourth-order valence-electron chi connectivity index (χ4n) is 3.02. The molecule has 0 spiro atoms. The lowest BCUT2D eigenvalue weighted by Gasteiger charge is -2.16. The summed E-state index contributed by atoms with van der Waals surface area (Å²) in [6, 6.07) is 5.22. The van der Waals surface area contributed by atoms with E-state index < -0.39 is 0 Å². The van der Waals surface area contributed by atoms with Gasteiger partial charge in [0.25, 0.3) is 5.91 Å². The van der Waals surface area contributed by atoms with Crippen molar-refractivity contribution in [2.24, 2.45) is 0 Å². The number of carbonyl (C=O) groups is 1. The third-order valence-corrected chi connectivity index (χ3v) is 4.11. The summed E-state index contributed by atoms with van der Waals surface area (Å²) in [5.74, 6) is -0.247. The van der Waals surface area contributed by atoms with Crippen LogP contribution in [0.3, 0.4) is 0 Å². The Bertz CT molecular complexity index is 957. The first-order valence-electron chi connectivity index (χ1n) is 7.57. The quantitative estimate of drug-likeness (QED) is 0.671. The van der Waals surface area contributed by atoms with Gasteiger partial charge in [-0.2, -0.15) is 0 Å². The summed E-state index contributed by atoms with van der Waals surface area (Å²) in [6.45, 7) is 0. The van der Waals surface area contributed by atoms with Crippen molar-refractivity contribution in [2.75, 3.05) is 5.32 Å². The van der Waals surface area contributed by atoms with Crippen LogP contribution in [0.4, 0.5) is 5.69 Å². The number of amides is 1. The van der Waals surface area contributed by atoms with E-state index in [0.717, 1.165) is 36.9 Å². The number of aryl methyl sites for hydroxylation is 1. The van der Waals surface area contributed by atoms with Crippen molar-refractivity contribution in [3.05, 3.63) is 52.0 Å². The Balaban J connectivity index is 1.65. The fraction of sp³-hybridized carbons (Fsp3) is 0.250. The molecule has 116 valence electrons. The maximum Gasteiger partial charge on any atom is 0.323 e. The minimum Gasteiger partial charge on any atom is -0.321 e. The molecule has 1 aliphatic carbocycles. The molecule has 1 amide bonds. The first-order chi connectivity index (χ1) is 11.2. The van der Waals surface area contributed by atoms with Gasteiger partial charge in [-0.05, 0) is 43.9 Å². The van der Waals surface area contributed by atoms with E-state index in [1.165, 1.54) is 6.33 Å². The first-order valence-corrected chi connectivity index (χ1v) is 7.57. The first kappa shape index (κ1) is 13.7. The van der Waals surface area contributed by atoms with Crippen LogP contribution in [0.5, 0.6) is 0 Å². The van der Waals surface area contributed by atoms with Crippen LogP contribution in [0.25, 0.3) is 11.0 Å². The summed E-state index contributed by atoms with van der Waals surface area (Å²) in [5.41, 5.74) is 4.06. The topological polar surface area (TPSA) is 104 Å². The molecule has 23 heavy (non-hydrogen) atoms. The van der Waals surface area contributed by atoms with Crippen molar-refractivity contribution >= 4 is 22.6 Å². The molecule has 7 nitrogen and oxygen atoms in total. The lowest BCUT2D eigenvalue weighted by atomic mass is 9.94. The maximum atomic E-state index is 12.5. The fourth-order valence-corrected chi connectivity index (χ4v) is 3.02. The van der Waals surface area contributed by atoms with Crippen LogP contribution >= 0.6 is 0 Å². The van der Waals surface area contributed by atoms with E-state index in [-0.39, 0.29) is 11.6 Å². The number of fused-ring (bicyclic) bond motifs is 2. The van der Waals surface area contributed by atoms with Crippen LogP contribution in [-0.2, 0) is 12.8 Å². The molecular weight excluding hydrogens is 294 g/mol. The highest BCUT2D eigenvalue weighted by molar-refractivity contribution is 6.04. The van der Waals surface area contributed by atoms with Crippen LogP contribution in [0.2, 0.25) is 0 Å². The molecule has 0 fully saturated rings. The van der Waals surface area contributed by atoms with Crippen LogP contribution in [0.15, 0.2) is 29.3 Å². The zero-order valence-corrected chi connectivity index (χ0v) is 12.3. The van der Waals surface area contributed by atoms with E-state index in [1.54, 1.807) is 18.2 Å². The van der Waals surface area contributed by atoms with Gasteiger partial charge in [-0.1, -0.05) is 0 Å². The van der Waals surface area contributed by atoms with Gasteiger partial charge in [-0.3, -0.25) is 4.79 Å². The summed E-state index contributed by atoms with van der Waals surface area (Å²) < 4.78 is 0. The van der Waals surface area contributed by atoms with Crippen molar-refractivity contribution in [1.82, 2.24) is 19.9 Å². The highest BCUT2D eigenvalue weighted by Gasteiger charge is 2.20. The Morgan fingerprint density at radius 2 is 1.91 bits per heavy atom. The third-order valence-electron chi connectivity index (χ3n) is 4.11. The third kappa shape index (κ3) is 2.50. The molecule has 0 atom stereocenters. The smallest absolute Gasteiger partial charge is 0.321 e. The summed E-state index contributed by atoms with van der Waals surface area (Å²) in [5, 5.41) is 2.84. The van der Waals surface area contributed by atoms with Crippen LogP contribution in [0, 0.1) is 0 Å². The number of nitrogens with zero attached hydrogens (tertiary/aromatic N) is 2. The van der Waals surface area contributed by atoms with Gasteiger partial charge in [0, 0.05) is 16.9 Å². The van der Waals surface area contributed by atoms with Crippen LogP contribution in [-0.4, -0.2) is 25.8 Å². The number of rotatable bonds is 2. The number of benzene rings is 1. The number of hydrogen-bond acceptors (Lipinski definition) is 4. The molecule has 2 aromatic heterocycles. The Kier molecular flexibility index (Phi) is 3.18. The zero-order chi connectivity index (χ0) is 15.8. The van der Waals surface area contributed by atoms with E-state index >= 15 is 0 Å². The van der Waals surface area contributed by atoms with Crippen molar-refractivity contribution in [3.63, 3.8) is 0 Å². The van der Waals surface area contributed by atoms with Crippen molar-refractivity contribution in [3.8, 4) is 0 Å². The minimum absolute atomic E-state index is 0.247. The molecule has 1 aliphatic rings. The number of aromatic nitrogens is 4. The number of anilines is 1. The van der Waals surface area contributed by atoms with Gasteiger partial charge < -0.3 is 15.3 Å². The molecular formula is C16H15N5O2. The number of hydrogen-bond donors (Lipinski definition) is 3. The second-order valence-corrected chi connectivity index (χ2v) is 5.65. The van der Waals surface area contributed by atoms with Crippen molar-refractivity contribution < 1.29 is 4.79 Å².